The molecule has 10 rings (SSSR count). The van der Waals surface area contributed by atoms with Gasteiger partial charge in [-0.05, 0) is 111 Å². The molecule has 0 aliphatic carbocycles. The van der Waals surface area contributed by atoms with Crippen molar-refractivity contribution in [3.8, 4) is 66.8 Å². The Kier molecular flexibility index (Phi) is 7.93. The molecule has 252 valence electrons. The molecule has 10 aromatic rings. The van der Waals surface area contributed by atoms with E-state index in [0.29, 0.717) is 0 Å². The molecule has 0 fully saturated rings. The van der Waals surface area contributed by atoms with Gasteiger partial charge in [0, 0.05) is 0 Å². The van der Waals surface area contributed by atoms with Crippen molar-refractivity contribution in [2.45, 2.75) is 0 Å². The quantitative estimate of drug-likeness (QED) is 0.153. The largest absolute Gasteiger partial charge is 0.0622 e. The number of benzene rings is 10. The number of hydrogen-bond acceptors (Lipinski definition) is 0. The maximum Gasteiger partial charge on any atom is -0.00137 e. The third-order valence-corrected chi connectivity index (χ3v) is 10.9. The Bertz CT molecular complexity index is 2620. The van der Waals surface area contributed by atoms with Crippen LogP contribution in [0.3, 0.4) is 0 Å². The lowest BCUT2D eigenvalue weighted by molar-refractivity contribution is 1.57. The van der Waals surface area contributed by atoms with Crippen LogP contribution in [0.5, 0.6) is 0 Å². The highest BCUT2D eigenvalue weighted by atomic mass is 14.3. The van der Waals surface area contributed by atoms with Gasteiger partial charge in [0.1, 0.15) is 0 Å². The summed E-state index contributed by atoms with van der Waals surface area (Å²) in [6.07, 6.45) is 0. The second kappa shape index (κ2) is 13.5. The molecule has 0 N–H and O–H groups in total. The molecule has 0 nitrogen and oxygen atoms in total. The van der Waals surface area contributed by atoms with Crippen LogP contribution >= 0.6 is 0 Å². The summed E-state index contributed by atoms with van der Waals surface area (Å²) >= 11 is 0. The summed E-state index contributed by atoms with van der Waals surface area (Å²) in [5, 5.41) is 7.40. The molecule has 0 amide bonds. The van der Waals surface area contributed by atoms with Crippen molar-refractivity contribution in [1.82, 2.24) is 0 Å². The number of rotatable bonds is 6. The second-order valence-corrected chi connectivity index (χ2v) is 14.0. The first kappa shape index (κ1) is 31.7. The van der Waals surface area contributed by atoms with Gasteiger partial charge in [-0.25, -0.2) is 0 Å². The summed E-state index contributed by atoms with van der Waals surface area (Å²) in [5.74, 6) is 0. The van der Waals surface area contributed by atoms with E-state index in [1.54, 1.807) is 0 Å². The Morgan fingerprint density at radius 2 is 0.463 bits per heavy atom. The van der Waals surface area contributed by atoms with E-state index >= 15 is 0 Å². The van der Waals surface area contributed by atoms with Crippen molar-refractivity contribution in [3.63, 3.8) is 0 Å². The summed E-state index contributed by atoms with van der Waals surface area (Å²) in [7, 11) is 0. The molecule has 0 unspecified atom stereocenters. The molecule has 0 heterocycles. The summed E-state index contributed by atoms with van der Waals surface area (Å²) in [6.45, 7) is 0. The predicted molar refractivity (Wildman–Crippen MR) is 232 cm³/mol. The average Bonchev–Trinajstić information content (AvgIpc) is 3.26. The van der Waals surface area contributed by atoms with Crippen LogP contribution in [0.25, 0.3) is 99.1 Å². The van der Waals surface area contributed by atoms with Crippen molar-refractivity contribution in [2.24, 2.45) is 0 Å². The summed E-state index contributed by atoms with van der Waals surface area (Å²) < 4.78 is 0. The molecule has 0 bridgehead atoms. The van der Waals surface area contributed by atoms with Crippen LogP contribution < -0.4 is 0 Å². The Morgan fingerprint density at radius 3 is 0.778 bits per heavy atom. The molecule has 54 heavy (non-hydrogen) atoms. The molecule has 0 aliphatic heterocycles. The smallest absolute Gasteiger partial charge is 0.00137 e. The fourth-order valence-corrected chi connectivity index (χ4v) is 8.48. The van der Waals surface area contributed by atoms with Gasteiger partial charge in [0.25, 0.3) is 0 Å². The Balaban J connectivity index is 1.44. The van der Waals surface area contributed by atoms with Gasteiger partial charge in [-0.1, -0.05) is 206 Å². The van der Waals surface area contributed by atoms with Crippen LogP contribution in [0, 0.1) is 0 Å². The minimum absolute atomic E-state index is 1.20. The molecule has 0 spiro atoms. The Morgan fingerprint density at radius 1 is 0.185 bits per heavy atom. The zero-order valence-electron chi connectivity index (χ0n) is 29.8. The Hall–Kier alpha value is -7.02. The van der Waals surface area contributed by atoms with Crippen LogP contribution in [0.15, 0.2) is 218 Å². The van der Waals surface area contributed by atoms with Crippen LogP contribution in [0.4, 0.5) is 0 Å². The monoisotopic (exact) mass is 684 g/mol. The summed E-state index contributed by atoms with van der Waals surface area (Å²) in [5.41, 5.74) is 14.7. The van der Waals surface area contributed by atoms with E-state index in [9.17, 15) is 0 Å². The van der Waals surface area contributed by atoms with E-state index in [1.807, 2.05) is 0 Å². The molecular formula is C54H36. The Labute approximate surface area is 316 Å². The molecule has 0 saturated heterocycles. The van der Waals surface area contributed by atoms with Gasteiger partial charge in [-0.2, -0.15) is 0 Å². The molecule has 0 aromatic heterocycles. The SMILES string of the molecule is c1ccc(-c2cccc(-c3ccccc3)c2-c2c3ccccc3c(-c3c(-c4ccccc4)cccc3-c3ccccc3)c3cc4ccccc4cc23)cc1. The summed E-state index contributed by atoms with van der Waals surface area (Å²) in [4.78, 5) is 0. The van der Waals surface area contributed by atoms with E-state index in [-0.39, 0.29) is 0 Å². The standard InChI is InChI=1S/C54H36/c1-5-19-37(20-6-1)43-31-17-32-44(38-21-7-2-8-22-38)51(43)53-47-29-15-16-30-48(47)54(50-36-42-28-14-13-27-41(42)35-49(50)53)52-45(39-23-9-3-10-24-39)33-18-34-46(52)40-25-11-4-12-26-40/h1-36H. The molecule has 0 saturated carbocycles. The lowest BCUT2D eigenvalue weighted by Crippen LogP contribution is -1.97. The van der Waals surface area contributed by atoms with Gasteiger partial charge in [0.2, 0.25) is 0 Å². The minimum atomic E-state index is 1.20. The highest BCUT2D eigenvalue weighted by Crippen LogP contribution is 2.52. The third-order valence-electron chi connectivity index (χ3n) is 10.9. The van der Waals surface area contributed by atoms with E-state index in [2.05, 4.69) is 218 Å². The van der Waals surface area contributed by atoms with E-state index in [1.165, 1.54) is 99.1 Å². The highest BCUT2D eigenvalue weighted by molar-refractivity contribution is 6.27. The van der Waals surface area contributed by atoms with Gasteiger partial charge in [0.05, 0.1) is 0 Å². The predicted octanol–water partition coefficient (Wildman–Crippen LogP) is 15.1. The zero-order chi connectivity index (χ0) is 35.8. The fourth-order valence-electron chi connectivity index (χ4n) is 8.48. The lowest BCUT2D eigenvalue weighted by atomic mass is 9.78. The molecule has 0 atom stereocenters. The van der Waals surface area contributed by atoms with Gasteiger partial charge in [0.15, 0.2) is 0 Å². The fraction of sp³-hybridized carbons (Fsp3) is 0. The van der Waals surface area contributed by atoms with Gasteiger partial charge in [-0.15, -0.1) is 0 Å². The number of hydrogen-bond donors (Lipinski definition) is 0. The van der Waals surface area contributed by atoms with E-state index in [0.717, 1.165) is 0 Å². The van der Waals surface area contributed by atoms with Gasteiger partial charge >= 0.3 is 0 Å². The average molecular weight is 685 g/mol. The molecule has 0 aliphatic rings. The maximum atomic E-state index is 2.44. The molecule has 0 heteroatoms. The van der Waals surface area contributed by atoms with E-state index in [4.69, 9.17) is 0 Å². The first-order valence-electron chi connectivity index (χ1n) is 18.7. The van der Waals surface area contributed by atoms with Crippen LogP contribution in [0.2, 0.25) is 0 Å². The lowest BCUT2D eigenvalue weighted by Gasteiger charge is -2.25. The van der Waals surface area contributed by atoms with Crippen molar-refractivity contribution < 1.29 is 0 Å². The zero-order valence-corrected chi connectivity index (χ0v) is 29.8. The van der Waals surface area contributed by atoms with Gasteiger partial charge < -0.3 is 0 Å². The topological polar surface area (TPSA) is 0 Å². The first-order valence-corrected chi connectivity index (χ1v) is 18.7. The normalized spacial score (nSPS) is 11.3. The van der Waals surface area contributed by atoms with Gasteiger partial charge in [-0.3, -0.25) is 0 Å². The maximum absolute atomic E-state index is 2.44. The van der Waals surface area contributed by atoms with Crippen molar-refractivity contribution in [2.75, 3.05) is 0 Å². The molecular weight excluding hydrogens is 649 g/mol. The van der Waals surface area contributed by atoms with E-state index < -0.39 is 0 Å². The van der Waals surface area contributed by atoms with Crippen LogP contribution in [-0.2, 0) is 0 Å². The first-order chi connectivity index (χ1) is 26.8. The molecule has 10 aromatic carbocycles. The summed E-state index contributed by atoms with van der Waals surface area (Å²) in [6, 6.07) is 79.9. The van der Waals surface area contributed by atoms with Crippen LogP contribution in [0.1, 0.15) is 0 Å². The van der Waals surface area contributed by atoms with Crippen LogP contribution in [-0.4, -0.2) is 0 Å². The molecule has 0 radical (unpaired) electrons. The minimum Gasteiger partial charge on any atom is -0.0622 e. The van der Waals surface area contributed by atoms with Crippen molar-refractivity contribution in [3.05, 3.63) is 218 Å². The van der Waals surface area contributed by atoms with Crippen molar-refractivity contribution in [1.29, 1.82) is 0 Å². The van der Waals surface area contributed by atoms with Crippen molar-refractivity contribution >= 4 is 32.3 Å². The second-order valence-electron chi connectivity index (χ2n) is 14.0. The number of fused-ring (bicyclic) bond motifs is 3. The highest BCUT2D eigenvalue weighted by Gasteiger charge is 2.25. The third kappa shape index (κ3) is 5.40.